The van der Waals surface area contributed by atoms with E-state index in [2.05, 4.69) is 110 Å². The Balaban J connectivity index is 1.79. The molecule has 0 aliphatic carbocycles. The van der Waals surface area contributed by atoms with Crippen LogP contribution in [0.3, 0.4) is 0 Å². The molecule has 1 aromatic heterocycles. The molecule has 0 nitrogen and oxygen atoms in total. The Kier molecular flexibility index (Phi) is 4.31. The van der Waals surface area contributed by atoms with Crippen molar-refractivity contribution in [3.8, 4) is 33.4 Å². The fraction of sp³-hybridized carbons (Fsp3) is 0.0370. The van der Waals surface area contributed by atoms with Crippen LogP contribution >= 0.6 is 11.3 Å². The van der Waals surface area contributed by atoms with Crippen molar-refractivity contribution in [3.63, 3.8) is 0 Å². The number of rotatable bonds is 3. The van der Waals surface area contributed by atoms with Crippen LogP contribution in [-0.2, 0) is 0 Å². The number of thiophene rings is 1. The van der Waals surface area contributed by atoms with Crippen molar-refractivity contribution in [1.29, 1.82) is 0 Å². The second kappa shape index (κ2) is 7.10. The highest BCUT2D eigenvalue weighted by Crippen LogP contribution is 2.41. The van der Waals surface area contributed by atoms with Gasteiger partial charge in [-0.2, -0.15) is 0 Å². The van der Waals surface area contributed by atoms with Gasteiger partial charge in [-0.3, -0.25) is 0 Å². The molecule has 0 bridgehead atoms. The molecule has 0 saturated carbocycles. The Labute approximate surface area is 169 Å². The van der Waals surface area contributed by atoms with Crippen LogP contribution in [0.25, 0.3) is 43.5 Å². The summed E-state index contributed by atoms with van der Waals surface area (Å²) < 4.78 is 1.35. The van der Waals surface area contributed by atoms with Gasteiger partial charge in [-0.15, -0.1) is 11.3 Å². The summed E-state index contributed by atoms with van der Waals surface area (Å²) >= 11 is 1.88. The normalized spacial score (nSPS) is 11.0. The average molecular weight is 377 g/mol. The Hall–Kier alpha value is -3.16. The second-order valence-electron chi connectivity index (χ2n) is 7.06. The Bertz CT molecular complexity index is 1190. The van der Waals surface area contributed by atoms with Gasteiger partial charge in [0.1, 0.15) is 0 Å². The van der Waals surface area contributed by atoms with Crippen molar-refractivity contribution in [2.75, 3.05) is 0 Å². The van der Waals surface area contributed by atoms with Gasteiger partial charge in [0.25, 0.3) is 0 Å². The van der Waals surface area contributed by atoms with E-state index in [0.717, 1.165) is 0 Å². The summed E-state index contributed by atoms with van der Waals surface area (Å²) in [6.45, 7) is 2.23. The first-order valence-corrected chi connectivity index (χ1v) is 10.4. The number of benzene rings is 4. The predicted molar refractivity (Wildman–Crippen MR) is 123 cm³/mol. The maximum absolute atomic E-state index is 2.34. The van der Waals surface area contributed by atoms with E-state index >= 15 is 0 Å². The molecule has 0 atom stereocenters. The van der Waals surface area contributed by atoms with Crippen molar-refractivity contribution in [2.45, 2.75) is 6.92 Å². The van der Waals surface area contributed by atoms with Crippen LogP contribution in [0.5, 0.6) is 0 Å². The lowest BCUT2D eigenvalue weighted by Crippen LogP contribution is -1.86. The molecular weight excluding hydrogens is 356 g/mol. The summed E-state index contributed by atoms with van der Waals surface area (Å²) in [5.74, 6) is 0. The van der Waals surface area contributed by atoms with E-state index in [4.69, 9.17) is 0 Å². The van der Waals surface area contributed by atoms with Crippen molar-refractivity contribution >= 4 is 21.4 Å². The molecule has 5 rings (SSSR count). The van der Waals surface area contributed by atoms with Gasteiger partial charge in [0.15, 0.2) is 0 Å². The molecule has 1 heteroatoms. The van der Waals surface area contributed by atoms with E-state index in [0.29, 0.717) is 0 Å². The summed E-state index contributed by atoms with van der Waals surface area (Å²) in [4.78, 5) is 1.37. The molecule has 5 aromatic rings. The topological polar surface area (TPSA) is 0 Å². The first-order chi connectivity index (χ1) is 13.8. The molecule has 0 fully saturated rings. The molecule has 0 saturated heterocycles. The highest BCUT2D eigenvalue weighted by atomic mass is 32.1. The van der Waals surface area contributed by atoms with Gasteiger partial charge in [0, 0.05) is 20.5 Å². The van der Waals surface area contributed by atoms with Crippen molar-refractivity contribution < 1.29 is 0 Å². The zero-order valence-electron chi connectivity index (χ0n) is 15.7. The van der Waals surface area contributed by atoms with Gasteiger partial charge in [0.2, 0.25) is 0 Å². The van der Waals surface area contributed by atoms with Crippen LogP contribution < -0.4 is 0 Å². The molecule has 0 radical (unpaired) electrons. The molecule has 0 unspecified atom stereocenters. The third-order valence-corrected chi connectivity index (χ3v) is 6.29. The Morgan fingerprint density at radius 1 is 0.500 bits per heavy atom. The maximum Gasteiger partial charge on any atom is 0.0352 e. The summed E-state index contributed by atoms with van der Waals surface area (Å²) in [5.41, 5.74) is 7.65. The minimum absolute atomic E-state index is 1.25. The summed E-state index contributed by atoms with van der Waals surface area (Å²) in [5, 5.41) is 1.34. The molecule has 1 heterocycles. The molecule has 4 aromatic carbocycles. The molecule has 0 spiro atoms. The molecule has 134 valence electrons. The van der Waals surface area contributed by atoms with Crippen LogP contribution in [0.4, 0.5) is 0 Å². The first-order valence-electron chi connectivity index (χ1n) is 9.54. The van der Waals surface area contributed by atoms with Crippen LogP contribution in [0.2, 0.25) is 0 Å². The number of aryl methyl sites for hydroxylation is 1. The molecule has 0 amide bonds. The maximum atomic E-state index is 2.34. The average Bonchev–Trinajstić information content (AvgIpc) is 3.10. The van der Waals surface area contributed by atoms with Crippen LogP contribution in [0.1, 0.15) is 4.88 Å². The van der Waals surface area contributed by atoms with Crippen LogP contribution in [0.15, 0.2) is 103 Å². The lowest BCUT2D eigenvalue weighted by atomic mass is 9.92. The van der Waals surface area contributed by atoms with Crippen molar-refractivity contribution in [3.05, 3.63) is 108 Å². The first kappa shape index (κ1) is 17.0. The summed E-state index contributed by atoms with van der Waals surface area (Å²) in [7, 11) is 0. The monoisotopic (exact) mass is 376 g/mol. The molecule has 0 aliphatic rings. The second-order valence-corrected chi connectivity index (χ2v) is 8.32. The van der Waals surface area contributed by atoms with Crippen molar-refractivity contribution in [2.24, 2.45) is 0 Å². The van der Waals surface area contributed by atoms with Gasteiger partial charge in [-0.25, -0.2) is 0 Å². The fourth-order valence-electron chi connectivity index (χ4n) is 3.89. The van der Waals surface area contributed by atoms with E-state index in [-0.39, 0.29) is 0 Å². The van der Waals surface area contributed by atoms with E-state index in [1.165, 1.54) is 48.3 Å². The van der Waals surface area contributed by atoms with Gasteiger partial charge in [0.05, 0.1) is 0 Å². The highest BCUT2D eigenvalue weighted by Gasteiger charge is 2.13. The van der Waals surface area contributed by atoms with E-state index in [1.807, 2.05) is 11.3 Å². The van der Waals surface area contributed by atoms with Crippen LogP contribution in [-0.4, -0.2) is 0 Å². The molecule has 0 N–H and O–H groups in total. The number of fused-ring (bicyclic) bond motifs is 1. The van der Waals surface area contributed by atoms with Crippen LogP contribution in [0, 0.1) is 6.92 Å². The number of hydrogen-bond acceptors (Lipinski definition) is 1. The zero-order valence-corrected chi connectivity index (χ0v) is 16.5. The van der Waals surface area contributed by atoms with Gasteiger partial charge in [-0.1, -0.05) is 78.9 Å². The number of hydrogen-bond donors (Lipinski definition) is 0. The zero-order chi connectivity index (χ0) is 18.9. The lowest BCUT2D eigenvalue weighted by Gasteiger charge is -2.12. The third kappa shape index (κ3) is 3.04. The van der Waals surface area contributed by atoms with Gasteiger partial charge < -0.3 is 0 Å². The highest BCUT2D eigenvalue weighted by molar-refractivity contribution is 7.19. The van der Waals surface area contributed by atoms with Gasteiger partial charge >= 0.3 is 0 Å². The largest absolute Gasteiger partial charge is 0.140 e. The molecular formula is C27H20S. The quantitative estimate of drug-likeness (QED) is 0.297. The Morgan fingerprint density at radius 3 is 1.61 bits per heavy atom. The minimum atomic E-state index is 1.25. The molecule has 28 heavy (non-hydrogen) atoms. The van der Waals surface area contributed by atoms with Crippen molar-refractivity contribution in [1.82, 2.24) is 0 Å². The SMILES string of the molecule is Cc1sc2ccccc2c1-c1cc(-c2ccccc2)cc(-c2ccccc2)c1. The summed E-state index contributed by atoms with van der Waals surface area (Å²) in [6, 6.07) is 37.0. The fourth-order valence-corrected chi connectivity index (χ4v) is 4.98. The Morgan fingerprint density at radius 2 is 1.00 bits per heavy atom. The van der Waals surface area contributed by atoms with Gasteiger partial charge in [-0.05, 0) is 59.0 Å². The lowest BCUT2D eigenvalue weighted by molar-refractivity contribution is 1.56. The van der Waals surface area contributed by atoms with E-state index in [1.54, 1.807) is 0 Å². The standard InChI is InChI=1S/C27H20S/c1-19-27(25-14-8-9-15-26(25)28-19)24-17-22(20-10-4-2-5-11-20)16-23(18-24)21-12-6-3-7-13-21/h2-18H,1H3. The third-order valence-electron chi connectivity index (χ3n) is 5.21. The molecule has 0 aliphatic heterocycles. The predicted octanol–water partition coefficient (Wildman–Crippen LogP) is 8.21. The minimum Gasteiger partial charge on any atom is -0.140 e. The smallest absolute Gasteiger partial charge is 0.0352 e. The van der Waals surface area contributed by atoms with E-state index in [9.17, 15) is 0 Å². The summed E-state index contributed by atoms with van der Waals surface area (Å²) in [6.07, 6.45) is 0. The van der Waals surface area contributed by atoms with E-state index < -0.39 is 0 Å².